The second-order valence-corrected chi connectivity index (χ2v) is 7.16. The molecule has 0 bridgehead atoms. The van der Waals surface area contributed by atoms with Crippen LogP contribution in [-0.2, 0) is 17.8 Å². The Morgan fingerprint density at radius 2 is 1.74 bits per heavy atom. The summed E-state index contributed by atoms with van der Waals surface area (Å²) in [6, 6.07) is 14.3. The summed E-state index contributed by atoms with van der Waals surface area (Å²) in [5.74, 6) is 0. The first-order chi connectivity index (χ1) is 13.0. The van der Waals surface area contributed by atoms with Crippen molar-refractivity contribution in [3.8, 4) is 0 Å². The highest BCUT2D eigenvalue weighted by Gasteiger charge is 2.13. The Labute approximate surface area is 160 Å². The normalized spacial score (nSPS) is 11.4. The number of methoxy groups -OCH3 is 1. The van der Waals surface area contributed by atoms with Crippen molar-refractivity contribution in [2.45, 2.75) is 33.9 Å². The van der Waals surface area contributed by atoms with Crippen molar-refractivity contribution in [2.75, 3.05) is 20.3 Å². The van der Waals surface area contributed by atoms with Crippen LogP contribution in [-0.4, -0.2) is 25.2 Å². The van der Waals surface area contributed by atoms with Crippen LogP contribution in [0, 0.1) is 20.8 Å². The van der Waals surface area contributed by atoms with E-state index in [-0.39, 0.29) is 5.63 Å². The maximum absolute atomic E-state index is 12.1. The van der Waals surface area contributed by atoms with Crippen molar-refractivity contribution in [1.29, 1.82) is 0 Å². The zero-order valence-electron chi connectivity index (χ0n) is 16.5. The van der Waals surface area contributed by atoms with E-state index < -0.39 is 0 Å². The summed E-state index contributed by atoms with van der Waals surface area (Å²) < 4.78 is 10.8. The summed E-state index contributed by atoms with van der Waals surface area (Å²) in [4.78, 5) is 14.5. The molecule has 0 saturated carbocycles. The Hall–Kier alpha value is -2.43. The van der Waals surface area contributed by atoms with E-state index in [1.165, 1.54) is 11.1 Å². The molecule has 0 N–H and O–H groups in total. The van der Waals surface area contributed by atoms with E-state index in [1.807, 2.05) is 13.8 Å². The topological polar surface area (TPSA) is 42.7 Å². The lowest BCUT2D eigenvalue weighted by atomic mass is 10.0. The van der Waals surface area contributed by atoms with Gasteiger partial charge < -0.3 is 9.15 Å². The SMILES string of the molecule is COCCN(Cc1ccc(C)cc1)Cc1cc(=O)oc2c(C)c(C)ccc12. The van der Waals surface area contributed by atoms with Crippen LogP contribution in [0.25, 0.3) is 11.0 Å². The molecule has 4 nitrogen and oxygen atoms in total. The molecular formula is C23H27NO3. The van der Waals surface area contributed by atoms with Crippen LogP contribution in [0.1, 0.15) is 27.8 Å². The van der Waals surface area contributed by atoms with Gasteiger partial charge in [0.05, 0.1) is 6.61 Å². The fraction of sp³-hybridized carbons (Fsp3) is 0.348. The van der Waals surface area contributed by atoms with E-state index in [2.05, 4.69) is 48.2 Å². The highest BCUT2D eigenvalue weighted by molar-refractivity contribution is 5.83. The van der Waals surface area contributed by atoms with Gasteiger partial charge in [-0.05, 0) is 43.0 Å². The Bertz CT molecular complexity index is 973. The van der Waals surface area contributed by atoms with Gasteiger partial charge in [-0.1, -0.05) is 42.0 Å². The minimum atomic E-state index is -0.298. The summed E-state index contributed by atoms with van der Waals surface area (Å²) in [6.07, 6.45) is 0. The molecule has 0 aliphatic rings. The van der Waals surface area contributed by atoms with Gasteiger partial charge in [0, 0.05) is 38.2 Å². The average molecular weight is 365 g/mol. The van der Waals surface area contributed by atoms with Gasteiger partial charge in [0.1, 0.15) is 5.58 Å². The molecule has 0 aliphatic heterocycles. The number of hydrogen-bond acceptors (Lipinski definition) is 4. The highest BCUT2D eigenvalue weighted by Crippen LogP contribution is 2.24. The summed E-state index contributed by atoms with van der Waals surface area (Å²) in [6.45, 7) is 9.02. The number of aryl methyl sites for hydroxylation is 3. The van der Waals surface area contributed by atoms with Gasteiger partial charge in [-0.15, -0.1) is 0 Å². The molecule has 0 aliphatic carbocycles. The first kappa shape index (κ1) is 19.3. The molecule has 4 heteroatoms. The molecule has 1 heterocycles. The van der Waals surface area contributed by atoms with Crippen molar-refractivity contribution in [2.24, 2.45) is 0 Å². The van der Waals surface area contributed by atoms with Crippen molar-refractivity contribution >= 4 is 11.0 Å². The van der Waals surface area contributed by atoms with Crippen LogP contribution in [0.4, 0.5) is 0 Å². The van der Waals surface area contributed by atoms with Crippen LogP contribution >= 0.6 is 0 Å². The largest absolute Gasteiger partial charge is 0.422 e. The van der Waals surface area contributed by atoms with Gasteiger partial charge >= 0.3 is 5.63 Å². The molecule has 0 atom stereocenters. The maximum Gasteiger partial charge on any atom is 0.336 e. The third kappa shape index (κ3) is 4.65. The van der Waals surface area contributed by atoms with E-state index in [9.17, 15) is 4.79 Å². The summed E-state index contributed by atoms with van der Waals surface area (Å²) in [5.41, 5.74) is 6.03. The zero-order valence-corrected chi connectivity index (χ0v) is 16.5. The number of ether oxygens (including phenoxy) is 1. The molecule has 1 aromatic heterocycles. The Morgan fingerprint density at radius 1 is 1.00 bits per heavy atom. The lowest BCUT2D eigenvalue weighted by Crippen LogP contribution is -2.27. The lowest BCUT2D eigenvalue weighted by molar-refractivity contribution is 0.140. The molecule has 2 aromatic carbocycles. The molecular weight excluding hydrogens is 338 g/mol. The predicted molar refractivity (Wildman–Crippen MR) is 109 cm³/mol. The first-order valence-electron chi connectivity index (χ1n) is 9.27. The number of nitrogens with zero attached hydrogens (tertiary/aromatic N) is 1. The monoisotopic (exact) mass is 365 g/mol. The van der Waals surface area contributed by atoms with E-state index >= 15 is 0 Å². The van der Waals surface area contributed by atoms with Crippen molar-refractivity contribution < 1.29 is 9.15 Å². The van der Waals surface area contributed by atoms with Crippen molar-refractivity contribution in [3.05, 3.63) is 80.7 Å². The Kier molecular flexibility index (Phi) is 6.09. The van der Waals surface area contributed by atoms with E-state index in [0.717, 1.165) is 35.2 Å². The smallest absolute Gasteiger partial charge is 0.336 e. The third-order valence-electron chi connectivity index (χ3n) is 5.05. The molecule has 0 saturated heterocycles. The minimum Gasteiger partial charge on any atom is -0.422 e. The molecule has 0 amide bonds. The molecule has 3 rings (SSSR count). The van der Waals surface area contributed by atoms with E-state index in [4.69, 9.17) is 9.15 Å². The lowest BCUT2D eigenvalue weighted by Gasteiger charge is -2.23. The number of hydrogen-bond donors (Lipinski definition) is 0. The summed E-state index contributed by atoms with van der Waals surface area (Å²) in [7, 11) is 1.71. The molecule has 0 unspecified atom stereocenters. The summed E-state index contributed by atoms with van der Waals surface area (Å²) >= 11 is 0. The molecule has 0 radical (unpaired) electrons. The fourth-order valence-corrected chi connectivity index (χ4v) is 3.28. The van der Waals surface area contributed by atoms with Crippen LogP contribution < -0.4 is 5.63 Å². The van der Waals surface area contributed by atoms with Crippen LogP contribution in [0.3, 0.4) is 0 Å². The summed E-state index contributed by atoms with van der Waals surface area (Å²) in [5, 5.41) is 1.00. The van der Waals surface area contributed by atoms with Gasteiger partial charge in [0.15, 0.2) is 0 Å². The van der Waals surface area contributed by atoms with E-state index in [1.54, 1.807) is 13.2 Å². The zero-order chi connectivity index (χ0) is 19.4. The Morgan fingerprint density at radius 3 is 2.44 bits per heavy atom. The van der Waals surface area contributed by atoms with Crippen molar-refractivity contribution in [1.82, 2.24) is 4.90 Å². The number of rotatable bonds is 7. The fourth-order valence-electron chi connectivity index (χ4n) is 3.28. The molecule has 27 heavy (non-hydrogen) atoms. The third-order valence-corrected chi connectivity index (χ3v) is 5.05. The first-order valence-corrected chi connectivity index (χ1v) is 9.27. The molecule has 0 spiro atoms. The average Bonchev–Trinajstić information content (AvgIpc) is 2.65. The van der Waals surface area contributed by atoms with Gasteiger partial charge in [-0.25, -0.2) is 4.79 Å². The standard InChI is InChI=1S/C23H27NO3/c1-16-5-8-19(9-6-16)14-24(11-12-26-4)15-20-13-22(25)27-23-18(3)17(2)7-10-21(20)23/h5-10,13H,11-12,14-15H2,1-4H3. The van der Waals surface area contributed by atoms with Crippen LogP contribution in [0.15, 0.2) is 51.7 Å². The Balaban J connectivity index is 1.94. The second kappa shape index (κ2) is 8.51. The number of benzene rings is 2. The maximum atomic E-state index is 12.1. The van der Waals surface area contributed by atoms with Gasteiger partial charge in [-0.3, -0.25) is 4.90 Å². The van der Waals surface area contributed by atoms with Crippen molar-refractivity contribution in [3.63, 3.8) is 0 Å². The molecule has 142 valence electrons. The molecule has 3 aromatic rings. The van der Waals surface area contributed by atoms with Gasteiger partial charge in [-0.2, -0.15) is 0 Å². The van der Waals surface area contributed by atoms with Crippen LogP contribution in [0.5, 0.6) is 0 Å². The highest BCUT2D eigenvalue weighted by atomic mass is 16.5. The minimum absolute atomic E-state index is 0.298. The predicted octanol–water partition coefficient (Wildman–Crippen LogP) is 4.37. The van der Waals surface area contributed by atoms with Gasteiger partial charge in [0.2, 0.25) is 0 Å². The quantitative estimate of drug-likeness (QED) is 0.583. The second-order valence-electron chi connectivity index (χ2n) is 7.16. The van der Waals surface area contributed by atoms with Crippen LogP contribution in [0.2, 0.25) is 0 Å². The number of fused-ring (bicyclic) bond motifs is 1. The molecule has 0 fully saturated rings. The van der Waals surface area contributed by atoms with Gasteiger partial charge in [0.25, 0.3) is 0 Å². The van der Waals surface area contributed by atoms with E-state index in [0.29, 0.717) is 18.7 Å².